The van der Waals surface area contributed by atoms with E-state index in [-0.39, 0.29) is 5.97 Å². The molecule has 0 aliphatic heterocycles. The van der Waals surface area contributed by atoms with Crippen LogP contribution in [0.3, 0.4) is 0 Å². The SMILES string of the molecule is Cc1ccc(-c2cc(C(=O)Oc3ccc(C)c(C)c3)c3cc(C)cc(C)c3n2)cc1. The van der Waals surface area contributed by atoms with E-state index in [9.17, 15) is 4.79 Å². The van der Waals surface area contributed by atoms with Crippen LogP contribution < -0.4 is 4.74 Å². The van der Waals surface area contributed by atoms with Gasteiger partial charge in [-0.2, -0.15) is 0 Å². The quantitative estimate of drug-likeness (QED) is 0.287. The van der Waals surface area contributed by atoms with Crippen molar-refractivity contribution in [3.63, 3.8) is 0 Å². The van der Waals surface area contributed by atoms with Crippen molar-refractivity contribution in [3.8, 4) is 17.0 Å². The minimum Gasteiger partial charge on any atom is -0.423 e. The molecule has 3 nitrogen and oxygen atoms in total. The second kappa shape index (κ2) is 7.75. The zero-order chi connectivity index (χ0) is 21.4. The minimum atomic E-state index is -0.371. The highest BCUT2D eigenvalue weighted by Gasteiger charge is 2.18. The Morgan fingerprint density at radius 3 is 2.17 bits per heavy atom. The molecule has 0 unspecified atom stereocenters. The first-order chi connectivity index (χ1) is 14.3. The highest BCUT2D eigenvalue weighted by Crippen LogP contribution is 2.29. The summed E-state index contributed by atoms with van der Waals surface area (Å²) in [5.41, 5.74) is 8.66. The summed E-state index contributed by atoms with van der Waals surface area (Å²) in [5.74, 6) is 0.179. The van der Waals surface area contributed by atoms with Gasteiger partial charge < -0.3 is 4.74 Å². The molecule has 0 aliphatic rings. The Morgan fingerprint density at radius 1 is 0.733 bits per heavy atom. The number of pyridine rings is 1. The van der Waals surface area contributed by atoms with Crippen molar-refractivity contribution in [1.82, 2.24) is 4.98 Å². The van der Waals surface area contributed by atoms with Crippen LogP contribution in [0, 0.1) is 34.6 Å². The van der Waals surface area contributed by atoms with Gasteiger partial charge in [0.05, 0.1) is 16.8 Å². The number of benzene rings is 3. The van der Waals surface area contributed by atoms with Gasteiger partial charge >= 0.3 is 5.97 Å². The molecule has 150 valence electrons. The fourth-order valence-corrected chi connectivity index (χ4v) is 3.66. The average Bonchev–Trinajstić information content (AvgIpc) is 2.70. The molecular weight excluding hydrogens is 370 g/mol. The van der Waals surface area contributed by atoms with Crippen molar-refractivity contribution in [3.05, 3.63) is 94.0 Å². The number of ether oxygens (including phenoxy) is 1. The fraction of sp³-hybridized carbons (Fsp3) is 0.185. The van der Waals surface area contributed by atoms with Crippen molar-refractivity contribution < 1.29 is 9.53 Å². The molecule has 4 rings (SSSR count). The molecule has 0 fully saturated rings. The minimum absolute atomic E-state index is 0.371. The van der Waals surface area contributed by atoms with E-state index in [1.165, 1.54) is 5.56 Å². The van der Waals surface area contributed by atoms with Gasteiger partial charge in [-0.1, -0.05) is 47.5 Å². The predicted octanol–water partition coefficient (Wildman–Crippen LogP) is 6.66. The topological polar surface area (TPSA) is 39.2 Å². The zero-order valence-corrected chi connectivity index (χ0v) is 18.0. The third-order valence-corrected chi connectivity index (χ3v) is 5.50. The van der Waals surface area contributed by atoms with Crippen molar-refractivity contribution in [2.45, 2.75) is 34.6 Å². The monoisotopic (exact) mass is 395 g/mol. The van der Waals surface area contributed by atoms with Crippen LogP contribution >= 0.6 is 0 Å². The number of aryl methyl sites for hydroxylation is 5. The molecule has 0 saturated carbocycles. The van der Waals surface area contributed by atoms with Crippen molar-refractivity contribution in [2.24, 2.45) is 0 Å². The number of aromatic nitrogens is 1. The van der Waals surface area contributed by atoms with Crippen LogP contribution in [-0.2, 0) is 0 Å². The normalized spacial score (nSPS) is 11.0. The van der Waals surface area contributed by atoms with Crippen molar-refractivity contribution >= 4 is 16.9 Å². The van der Waals surface area contributed by atoms with Crippen LogP contribution in [0.1, 0.15) is 38.2 Å². The summed E-state index contributed by atoms with van der Waals surface area (Å²) in [5, 5.41) is 0.817. The van der Waals surface area contributed by atoms with E-state index < -0.39 is 0 Å². The first-order valence-electron chi connectivity index (χ1n) is 10.1. The third-order valence-electron chi connectivity index (χ3n) is 5.50. The standard InChI is InChI=1S/C27H25NO2/c1-16-6-9-21(10-7-16)25-15-24(23-13-17(2)12-20(5)26(23)28-25)27(29)30-22-11-8-18(3)19(4)14-22/h6-15H,1-5H3. The molecule has 0 spiro atoms. The largest absolute Gasteiger partial charge is 0.423 e. The van der Waals surface area contributed by atoms with E-state index in [2.05, 4.69) is 25.1 Å². The summed E-state index contributed by atoms with van der Waals surface area (Å²) in [6.07, 6.45) is 0. The average molecular weight is 396 g/mol. The Morgan fingerprint density at radius 2 is 1.47 bits per heavy atom. The number of rotatable bonds is 3. The summed E-state index contributed by atoms with van der Waals surface area (Å²) in [7, 11) is 0. The van der Waals surface area contributed by atoms with Gasteiger partial charge in [-0.25, -0.2) is 9.78 Å². The molecule has 0 radical (unpaired) electrons. The molecule has 0 amide bonds. The van der Waals surface area contributed by atoms with Gasteiger partial charge in [-0.05, 0) is 75.6 Å². The highest BCUT2D eigenvalue weighted by molar-refractivity contribution is 6.06. The second-order valence-electron chi connectivity index (χ2n) is 8.03. The Labute approximate surface area is 177 Å². The van der Waals surface area contributed by atoms with Crippen molar-refractivity contribution in [2.75, 3.05) is 0 Å². The van der Waals surface area contributed by atoms with Crippen LogP contribution in [0.25, 0.3) is 22.2 Å². The summed E-state index contributed by atoms with van der Waals surface area (Å²) in [6, 6.07) is 19.8. The van der Waals surface area contributed by atoms with Gasteiger partial charge in [0.2, 0.25) is 0 Å². The lowest BCUT2D eigenvalue weighted by Crippen LogP contribution is -2.11. The number of hydrogen-bond acceptors (Lipinski definition) is 3. The summed E-state index contributed by atoms with van der Waals surface area (Å²) < 4.78 is 5.77. The first-order valence-corrected chi connectivity index (χ1v) is 10.1. The molecule has 0 bridgehead atoms. The molecule has 0 saturated heterocycles. The van der Waals surface area contributed by atoms with Crippen LogP contribution in [-0.4, -0.2) is 11.0 Å². The molecule has 0 aliphatic carbocycles. The zero-order valence-electron chi connectivity index (χ0n) is 18.0. The van der Waals surface area contributed by atoms with Crippen LogP contribution in [0.4, 0.5) is 0 Å². The van der Waals surface area contributed by atoms with E-state index in [1.54, 1.807) is 0 Å². The second-order valence-corrected chi connectivity index (χ2v) is 8.03. The number of carbonyl (C=O) groups excluding carboxylic acids is 1. The molecule has 30 heavy (non-hydrogen) atoms. The smallest absolute Gasteiger partial charge is 0.344 e. The first kappa shape index (κ1) is 19.8. The van der Waals surface area contributed by atoms with E-state index in [0.29, 0.717) is 11.3 Å². The molecule has 1 heterocycles. The van der Waals surface area contributed by atoms with E-state index in [4.69, 9.17) is 9.72 Å². The molecule has 0 atom stereocenters. The van der Waals surface area contributed by atoms with Gasteiger partial charge in [-0.15, -0.1) is 0 Å². The molecule has 3 aromatic carbocycles. The Balaban J connectivity index is 1.86. The fourth-order valence-electron chi connectivity index (χ4n) is 3.66. The molecule has 3 heteroatoms. The van der Waals surface area contributed by atoms with Crippen LogP contribution in [0.15, 0.2) is 60.7 Å². The molecule has 0 N–H and O–H groups in total. The lowest BCUT2D eigenvalue weighted by Gasteiger charge is -2.13. The summed E-state index contributed by atoms with van der Waals surface area (Å²) in [6.45, 7) is 10.2. The molecule has 1 aromatic heterocycles. The van der Waals surface area contributed by atoms with E-state index in [1.807, 2.05) is 70.2 Å². The van der Waals surface area contributed by atoms with E-state index >= 15 is 0 Å². The van der Waals surface area contributed by atoms with Gasteiger partial charge in [0.25, 0.3) is 0 Å². The Bertz CT molecular complexity index is 1270. The van der Waals surface area contributed by atoms with Gasteiger partial charge in [0.15, 0.2) is 0 Å². The highest BCUT2D eigenvalue weighted by atomic mass is 16.5. The summed E-state index contributed by atoms with van der Waals surface area (Å²) >= 11 is 0. The lowest BCUT2D eigenvalue weighted by molar-refractivity contribution is 0.0736. The predicted molar refractivity (Wildman–Crippen MR) is 122 cm³/mol. The maximum atomic E-state index is 13.2. The Hall–Kier alpha value is -3.46. The number of nitrogens with zero attached hydrogens (tertiary/aromatic N) is 1. The maximum absolute atomic E-state index is 13.2. The molecular formula is C27H25NO2. The number of carbonyl (C=O) groups is 1. The van der Waals surface area contributed by atoms with Crippen LogP contribution in [0.5, 0.6) is 5.75 Å². The van der Waals surface area contributed by atoms with Gasteiger partial charge in [0, 0.05) is 10.9 Å². The number of hydrogen-bond donors (Lipinski definition) is 0. The molecule has 4 aromatic rings. The summed E-state index contributed by atoms with van der Waals surface area (Å²) in [4.78, 5) is 18.1. The van der Waals surface area contributed by atoms with Gasteiger partial charge in [0.1, 0.15) is 5.75 Å². The van der Waals surface area contributed by atoms with E-state index in [0.717, 1.165) is 44.4 Å². The van der Waals surface area contributed by atoms with Crippen molar-refractivity contribution in [1.29, 1.82) is 0 Å². The number of esters is 1. The number of fused-ring (bicyclic) bond motifs is 1. The maximum Gasteiger partial charge on any atom is 0.344 e. The van der Waals surface area contributed by atoms with Gasteiger partial charge in [-0.3, -0.25) is 0 Å². The third kappa shape index (κ3) is 3.84. The van der Waals surface area contributed by atoms with Crippen LogP contribution in [0.2, 0.25) is 0 Å². The Kier molecular flexibility index (Phi) is 5.13. The lowest BCUT2D eigenvalue weighted by atomic mass is 9.99.